The van der Waals surface area contributed by atoms with Gasteiger partial charge in [-0.3, -0.25) is 0 Å². The van der Waals surface area contributed by atoms with Crippen molar-refractivity contribution in [2.75, 3.05) is 0 Å². The van der Waals surface area contributed by atoms with Crippen molar-refractivity contribution in [3.8, 4) is 0 Å². The van der Waals surface area contributed by atoms with Crippen LogP contribution in [0.5, 0.6) is 0 Å². The summed E-state index contributed by atoms with van der Waals surface area (Å²) in [5.41, 5.74) is 0. The highest BCUT2D eigenvalue weighted by Crippen LogP contribution is 2.08. The van der Waals surface area contributed by atoms with Gasteiger partial charge in [0.1, 0.15) is 0 Å². The molecule has 0 bridgehead atoms. The summed E-state index contributed by atoms with van der Waals surface area (Å²) in [6.45, 7) is 1.48. The molecule has 0 saturated carbocycles. The molecule has 2 atom stereocenters. The predicted octanol–water partition coefficient (Wildman–Crippen LogP) is -0.473. The van der Waals surface area contributed by atoms with Crippen molar-refractivity contribution in [1.82, 2.24) is 0 Å². The molecule has 1 saturated heterocycles. The van der Waals surface area contributed by atoms with Crippen LogP contribution in [0.1, 0.15) is 6.92 Å². The standard InChI is InChI=1S/C3H4O4S/c1-2-3(4)7-8(5)6-2/h2H,1H3/t2-,8?/m0/s1. The molecule has 8 heavy (non-hydrogen) atoms. The maximum absolute atomic E-state index is 10.2. The Bertz CT molecular complexity index is 142. The molecule has 0 amide bonds. The van der Waals surface area contributed by atoms with E-state index in [1.165, 1.54) is 6.92 Å². The molecule has 4 nitrogen and oxygen atoms in total. The van der Waals surface area contributed by atoms with E-state index < -0.39 is 23.4 Å². The van der Waals surface area contributed by atoms with E-state index in [2.05, 4.69) is 8.37 Å². The van der Waals surface area contributed by atoms with E-state index in [-0.39, 0.29) is 0 Å². The second-order valence-electron chi connectivity index (χ2n) is 1.34. The van der Waals surface area contributed by atoms with Crippen LogP contribution in [0.15, 0.2) is 0 Å². The maximum atomic E-state index is 10.2. The summed E-state index contributed by atoms with van der Waals surface area (Å²) in [5.74, 6) is -0.566. The normalized spacial score (nSPS) is 37.4. The highest BCUT2D eigenvalue weighted by Gasteiger charge is 2.29. The summed E-state index contributed by atoms with van der Waals surface area (Å²) in [6, 6.07) is 0. The largest absolute Gasteiger partial charge is 0.363 e. The van der Waals surface area contributed by atoms with Gasteiger partial charge >= 0.3 is 17.3 Å². The first-order valence-corrected chi connectivity index (χ1v) is 3.01. The Morgan fingerprint density at radius 1 is 1.75 bits per heavy atom. The Morgan fingerprint density at radius 3 is 2.50 bits per heavy atom. The molecule has 0 aromatic heterocycles. The van der Waals surface area contributed by atoms with E-state index in [0.717, 1.165) is 0 Å². The number of carbonyl (C=O) groups is 1. The van der Waals surface area contributed by atoms with Gasteiger partial charge in [0, 0.05) is 0 Å². The highest BCUT2D eigenvalue weighted by atomic mass is 32.2. The minimum Gasteiger partial charge on any atom is -0.341 e. The third kappa shape index (κ3) is 0.873. The summed E-state index contributed by atoms with van der Waals surface area (Å²) < 4.78 is 18.6. The summed E-state index contributed by atoms with van der Waals surface area (Å²) in [6.07, 6.45) is -0.671. The molecule has 1 heterocycles. The van der Waals surface area contributed by atoms with Crippen LogP contribution in [0.25, 0.3) is 0 Å². The average Bonchev–Trinajstić information content (AvgIpc) is 1.85. The third-order valence-electron chi connectivity index (χ3n) is 0.705. The quantitative estimate of drug-likeness (QED) is 0.451. The third-order valence-corrected chi connectivity index (χ3v) is 1.45. The zero-order valence-electron chi connectivity index (χ0n) is 4.12. The van der Waals surface area contributed by atoms with Gasteiger partial charge in [0.25, 0.3) is 0 Å². The SMILES string of the molecule is C[C@@H]1OS(=O)OC1=O. The van der Waals surface area contributed by atoms with Gasteiger partial charge in [-0.05, 0) is 6.92 Å². The molecular formula is C3H4O4S. The van der Waals surface area contributed by atoms with Gasteiger partial charge in [-0.1, -0.05) is 0 Å². The van der Waals surface area contributed by atoms with Crippen molar-refractivity contribution >= 4 is 17.3 Å². The summed E-state index contributed by atoms with van der Waals surface area (Å²) >= 11 is -1.83. The first kappa shape index (κ1) is 5.71. The number of hydrogen-bond donors (Lipinski definition) is 0. The molecule has 46 valence electrons. The highest BCUT2D eigenvalue weighted by molar-refractivity contribution is 7.76. The van der Waals surface area contributed by atoms with Gasteiger partial charge in [0.2, 0.25) is 0 Å². The lowest BCUT2D eigenvalue weighted by molar-refractivity contribution is -0.135. The van der Waals surface area contributed by atoms with E-state index in [0.29, 0.717) is 0 Å². The summed E-state index contributed by atoms with van der Waals surface area (Å²) in [7, 11) is 0. The predicted molar refractivity (Wildman–Crippen MR) is 24.8 cm³/mol. The average molecular weight is 136 g/mol. The molecule has 1 fully saturated rings. The molecule has 0 radical (unpaired) electrons. The zero-order valence-corrected chi connectivity index (χ0v) is 4.94. The van der Waals surface area contributed by atoms with Crippen molar-refractivity contribution < 1.29 is 17.4 Å². The fraction of sp³-hybridized carbons (Fsp3) is 0.667. The Hall–Kier alpha value is -0.420. The van der Waals surface area contributed by atoms with Gasteiger partial charge in [0.15, 0.2) is 6.10 Å². The molecule has 1 aliphatic heterocycles. The lowest BCUT2D eigenvalue weighted by Gasteiger charge is -1.84. The van der Waals surface area contributed by atoms with Crippen molar-refractivity contribution in [3.05, 3.63) is 0 Å². The molecule has 1 rings (SSSR count). The number of hydrogen-bond acceptors (Lipinski definition) is 4. The van der Waals surface area contributed by atoms with Crippen LogP contribution in [-0.4, -0.2) is 16.3 Å². The Kier molecular flexibility index (Phi) is 1.31. The first-order valence-electron chi connectivity index (χ1n) is 2.01. The Balaban J connectivity index is 2.64. The second kappa shape index (κ2) is 1.83. The minimum absolute atomic E-state index is 0.566. The van der Waals surface area contributed by atoms with Gasteiger partial charge in [-0.25, -0.2) is 8.98 Å². The van der Waals surface area contributed by atoms with Crippen LogP contribution in [0.2, 0.25) is 0 Å². The fourth-order valence-electron chi connectivity index (χ4n) is 0.312. The van der Waals surface area contributed by atoms with Crippen molar-refractivity contribution in [2.24, 2.45) is 0 Å². The van der Waals surface area contributed by atoms with Crippen molar-refractivity contribution in [1.29, 1.82) is 0 Å². The zero-order chi connectivity index (χ0) is 6.15. The molecule has 0 aromatic rings. The van der Waals surface area contributed by atoms with Gasteiger partial charge < -0.3 is 4.18 Å². The number of rotatable bonds is 0. The lowest BCUT2D eigenvalue weighted by Crippen LogP contribution is -2.09. The van der Waals surface area contributed by atoms with Crippen molar-refractivity contribution in [2.45, 2.75) is 13.0 Å². The van der Waals surface area contributed by atoms with Crippen molar-refractivity contribution in [3.63, 3.8) is 0 Å². The van der Waals surface area contributed by atoms with Crippen LogP contribution in [-0.2, 0) is 24.5 Å². The number of carbonyl (C=O) groups excluding carboxylic acids is 1. The molecule has 0 N–H and O–H groups in total. The van der Waals surface area contributed by atoms with Crippen LogP contribution in [0.3, 0.4) is 0 Å². The second-order valence-corrected chi connectivity index (χ2v) is 2.11. The molecule has 1 unspecified atom stereocenters. The summed E-state index contributed by atoms with van der Waals surface area (Å²) in [5, 5.41) is 0. The van der Waals surface area contributed by atoms with E-state index >= 15 is 0 Å². The molecule has 5 heteroatoms. The molecule has 0 aliphatic carbocycles. The van der Waals surface area contributed by atoms with Crippen LogP contribution in [0, 0.1) is 0 Å². The van der Waals surface area contributed by atoms with E-state index in [1.54, 1.807) is 0 Å². The Labute approximate surface area is 48.6 Å². The van der Waals surface area contributed by atoms with Crippen LogP contribution < -0.4 is 0 Å². The maximum Gasteiger partial charge on any atom is 0.363 e. The molecule has 0 aromatic carbocycles. The summed E-state index contributed by atoms with van der Waals surface area (Å²) in [4.78, 5) is 10.2. The Morgan fingerprint density at radius 2 is 2.38 bits per heavy atom. The molecular weight excluding hydrogens is 132 g/mol. The van der Waals surface area contributed by atoms with E-state index in [1.807, 2.05) is 0 Å². The van der Waals surface area contributed by atoms with Gasteiger partial charge in [0.05, 0.1) is 0 Å². The van der Waals surface area contributed by atoms with Gasteiger partial charge in [-0.2, -0.15) is 4.21 Å². The lowest BCUT2D eigenvalue weighted by atomic mass is 10.4. The van der Waals surface area contributed by atoms with E-state index in [9.17, 15) is 9.00 Å². The molecule has 1 aliphatic rings. The fourth-order valence-corrected chi connectivity index (χ4v) is 0.935. The van der Waals surface area contributed by atoms with Crippen LogP contribution >= 0.6 is 0 Å². The van der Waals surface area contributed by atoms with E-state index in [4.69, 9.17) is 0 Å². The van der Waals surface area contributed by atoms with Gasteiger partial charge in [-0.15, -0.1) is 0 Å². The molecule has 0 spiro atoms. The smallest absolute Gasteiger partial charge is 0.341 e. The minimum atomic E-state index is -1.83. The monoisotopic (exact) mass is 136 g/mol. The topological polar surface area (TPSA) is 52.6 Å². The first-order chi connectivity index (χ1) is 3.70. The van der Waals surface area contributed by atoms with Crippen LogP contribution in [0.4, 0.5) is 0 Å².